The first kappa shape index (κ1) is 62.2. The molecule has 1 N–H and O–H groups in total. The fourth-order valence-corrected chi connectivity index (χ4v) is 12.1. The summed E-state index contributed by atoms with van der Waals surface area (Å²) in [6.45, 7) is 18.2. The molecule has 3 aromatic carbocycles. The molecule has 2 bridgehead atoms. The Hall–Kier alpha value is -5.41. The average Bonchev–Trinajstić information content (AvgIpc) is 3.46. The van der Waals surface area contributed by atoms with Gasteiger partial charge in [-0.05, 0) is 111 Å². The Morgan fingerprint density at radius 1 is 0.725 bits per heavy atom. The van der Waals surface area contributed by atoms with Gasteiger partial charge in [-0.15, -0.1) is 0 Å². The zero-order valence-electron chi connectivity index (χ0n) is 48.7. The molecule has 0 aromatic heterocycles. The number of carbonyl (C=O) groups excluding carboxylic acids is 4. The quantitative estimate of drug-likeness (QED) is 0.0558. The molecule has 0 saturated carbocycles. The molecular formula is C62H84N2O16. The van der Waals surface area contributed by atoms with Gasteiger partial charge in [0.05, 0.1) is 83.7 Å². The number of cyclic esters (lactones) is 1. The van der Waals surface area contributed by atoms with E-state index in [4.69, 9.17) is 52.2 Å². The number of fused-ring (bicyclic) bond motifs is 5. The van der Waals surface area contributed by atoms with Gasteiger partial charge in [0.15, 0.2) is 24.8 Å². The molecule has 7 rings (SSSR count). The molecule has 0 radical (unpaired) electrons. The van der Waals surface area contributed by atoms with E-state index in [0.29, 0.717) is 23.3 Å². The minimum atomic E-state index is -1.86. The number of hydrogen-bond donors (Lipinski definition) is 1. The van der Waals surface area contributed by atoms with Crippen molar-refractivity contribution in [2.24, 2.45) is 28.8 Å². The zero-order valence-corrected chi connectivity index (χ0v) is 48.7. The molecule has 18 nitrogen and oxygen atoms in total. The summed E-state index contributed by atoms with van der Waals surface area (Å²) in [6, 6.07) is 25.4. The van der Waals surface area contributed by atoms with Crippen LogP contribution in [0.2, 0.25) is 0 Å². The number of hydrogen-bond acceptors (Lipinski definition) is 18. The van der Waals surface area contributed by atoms with Crippen LogP contribution in [0.15, 0.2) is 108 Å². The van der Waals surface area contributed by atoms with Gasteiger partial charge in [-0.25, -0.2) is 14.4 Å². The van der Waals surface area contributed by atoms with Gasteiger partial charge in [-0.1, -0.05) is 99.6 Å². The third-order valence-corrected chi connectivity index (χ3v) is 16.5. The second-order valence-electron chi connectivity index (χ2n) is 22.9. The number of carbonyl (C=O) groups is 4. The van der Waals surface area contributed by atoms with Crippen molar-refractivity contribution >= 4 is 29.6 Å². The normalized spacial score (nSPS) is 37.4. The van der Waals surface area contributed by atoms with Gasteiger partial charge >= 0.3 is 23.9 Å². The van der Waals surface area contributed by atoms with Gasteiger partial charge in [0, 0.05) is 31.3 Å². The standard InChI is InChI=1S/C62H84N2O16/c1-14-47-62(10,69)53-39(4)49(63-80-58(68)45-30-22-17-23-31-45)37(2)35-61(9,72-33-25-24-32-71-53)52(79-59-51(46(64(11)12)34-38(3)73-59)77-56(66)43-26-18-15-19-27-43)40(5)50(41(6)55(65)75-47)76-48-36-60(8,70-13)54(42(7)74-48)78-57(67)44-28-20-16-21-29-44/h15-31,37-42,46-48,50-54,59,69H,14,32-36H2,1-13H3/b25-24+,63-49+/t37-,38-,39+,40+,41-,42+,46+,47-,48+,50+,51-,52-,53-,54+,59+,60-,61+,62-/m1/s1. The maximum Gasteiger partial charge on any atom is 0.365 e. The van der Waals surface area contributed by atoms with Crippen molar-refractivity contribution in [3.63, 3.8) is 0 Å². The van der Waals surface area contributed by atoms with Crippen LogP contribution in [0.25, 0.3) is 0 Å². The van der Waals surface area contributed by atoms with Crippen molar-refractivity contribution in [2.75, 3.05) is 34.4 Å². The van der Waals surface area contributed by atoms with E-state index in [-0.39, 0.29) is 50.2 Å². The van der Waals surface area contributed by atoms with Crippen molar-refractivity contribution < 1.29 is 76.5 Å². The lowest BCUT2D eigenvalue weighted by atomic mass is 9.73. The zero-order chi connectivity index (χ0) is 58.1. The Morgan fingerprint density at radius 3 is 1.88 bits per heavy atom. The van der Waals surface area contributed by atoms with Crippen LogP contribution in [0.4, 0.5) is 0 Å². The number of benzene rings is 3. The smallest absolute Gasteiger partial charge is 0.365 e. The Morgan fingerprint density at radius 2 is 1.30 bits per heavy atom. The first-order valence-corrected chi connectivity index (χ1v) is 28.0. The molecule has 0 aliphatic carbocycles. The highest BCUT2D eigenvalue weighted by molar-refractivity contribution is 5.93. The van der Waals surface area contributed by atoms with Crippen LogP contribution in [0.5, 0.6) is 0 Å². The SMILES string of the molecule is CC[C@H]1OC(=O)[C@H](C)[C@@H](O[C@H]2C[C@@](C)(OC)[C@@H](OC(=O)c3ccccc3)[C@H](C)O2)[C@H](C)[C@@H](O[C@@H]2O[C@H](C)C[C@H](N(C)C)[C@H]2OC(=O)c2ccccc2)[C@]2(C)C[C@@H](C)/C(=N\OC(=O)c3ccccc3)[C@H](C)[C@@H](OC/C=C/CO2)[C@]1(C)O. The molecule has 3 fully saturated rings. The third-order valence-electron chi connectivity index (χ3n) is 16.5. The monoisotopic (exact) mass is 1110 g/mol. The fourth-order valence-electron chi connectivity index (χ4n) is 12.1. The summed E-state index contributed by atoms with van der Waals surface area (Å²) in [5.74, 6) is -5.88. The van der Waals surface area contributed by atoms with Crippen LogP contribution >= 0.6 is 0 Å². The Labute approximate surface area is 471 Å². The summed E-state index contributed by atoms with van der Waals surface area (Å²) in [4.78, 5) is 64.4. The first-order chi connectivity index (χ1) is 38.0. The van der Waals surface area contributed by atoms with E-state index in [1.165, 1.54) is 7.11 Å². The highest BCUT2D eigenvalue weighted by Gasteiger charge is 2.56. The average molecular weight is 1110 g/mol. The molecule has 4 aliphatic heterocycles. The predicted octanol–water partition coefficient (Wildman–Crippen LogP) is 8.78. The minimum Gasteiger partial charge on any atom is -0.459 e. The van der Waals surface area contributed by atoms with Crippen LogP contribution in [-0.2, 0) is 57.0 Å². The highest BCUT2D eigenvalue weighted by atomic mass is 16.7. The summed E-state index contributed by atoms with van der Waals surface area (Å²) < 4.78 is 67.1. The largest absolute Gasteiger partial charge is 0.459 e. The molecule has 3 saturated heterocycles. The molecule has 0 amide bonds. The molecule has 4 heterocycles. The number of likely N-dealkylation sites (N-methyl/N-ethyl adjacent to an activating group) is 1. The number of nitrogens with zero attached hydrogens (tertiary/aromatic N) is 2. The molecule has 80 heavy (non-hydrogen) atoms. The Balaban J connectivity index is 1.39. The van der Waals surface area contributed by atoms with E-state index in [1.807, 2.05) is 78.7 Å². The third kappa shape index (κ3) is 14.4. The maximum absolute atomic E-state index is 15.2. The number of oxime groups is 1. The van der Waals surface area contributed by atoms with E-state index in [0.717, 1.165) is 0 Å². The topological polar surface area (TPSA) is 206 Å². The predicted molar refractivity (Wildman–Crippen MR) is 296 cm³/mol. The summed E-state index contributed by atoms with van der Waals surface area (Å²) in [6.07, 6.45) is -5.38. The fraction of sp³-hybridized carbons (Fsp3) is 0.597. The second-order valence-corrected chi connectivity index (χ2v) is 22.9. The summed E-state index contributed by atoms with van der Waals surface area (Å²) in [5, 5.41) is 17.5. The molecule has 3 aromatic rings. The van der Waals surface area contributed by atoms with Gasteiger partial charge < -0.3 is 62.2 Å². The van der Waals surface area contributed by atoms with Crippen LogP contribution < -0.4 is 0 Å². The molecule has 4 aliphatic rings. The van der Waals surface area contributed by atoms with Gasteiger partial charge in [-0.3, -0.25) is 4.79 Å². The van der Waals surface area contributed by atoms with Crippen LogP contribution in [0.1, 0.15) is 126 Å². The summed E-state index contributed by atoms with van der Waals surface area (Å²) in [5.41, 5.74) is -3.09. The van der Waals surface area contributed by atoms with Crippen LogP contribution in [-0.4, -0.2) is 158 Å². The lowest BCUT2D eigenvalue weighted by Gasteiger charge is -2.51. The molecule has 438 valence electrons. The summed E-state index contributed by atoms with van der Waals surface area (Å²) >= 11 is 0. The van der Waals surface area contributed by atoms with Gasteiger partial charge in [0.1, 0.15) is 17.3 Å². The van der Waals surface area contributed by atoms with E-state index in [2.05, 4.69) is 5.16 Å². The van der Waals surface area contributed by atoms with E-state index in [9.17, 15) is 19.5 Å². The molecule has 0 spiro atoms. The number of esters is 3. The molecular weight excluding hydrogens is 1030 g/mol. The van der Waals surface area contributed by atoms with E-state index < -0.39 is 120 Å². The number of aliphatic hydroxyl groups is 1. The molecule has 18 atom stereocenters. The van der Waals surface area contributed by atoms with Crippen molar-refractivity contribution in [2.45, 2.75) is 179 Å². The van der Waals surface area contributed by atoms with Gasteiger partial charge in [-0.2, -0.15) is 0 Å². The maximum atomic E-state index is 15.2. The lowest BCUT2D eigenvalue weighted by Crippen LogP contribution is -2.62. The van der Waals surface area contributed by atoms with Crippen LogP contribution in [0, 0.1) is 23.7 Å². The van der Waals surface area contributed by atoms with Crippen molar-refractivity contribution in [1.82, 2.24) is 4.90 Å². The van der Waals surface area contributed by atoms with Crippen LogP contribution in [0.3, 0.4) is 0 Å². The van der Waals surface area contributed by atoms with Gasteiger partial charge in [0.25, 0.3) is 0 Å². The molecule has 18 heteroatoms. The van der Waals surface area contributed by atoms with Crippen molar-refractivity contribution in [1.29, 1.82) is 0 Å². The first-order valence-electron chi connectivity index (χ1n) is 28.0. The van der Waals surface area contributed by atoms with E-state index in [1.54, 1.807) is 113 Å². The lowest BCUT2D eigenvalue weighted by molar-refractivity contribution is -0.319. The second kappa shape index (κ2) is 27.1. The summed E-state index contributed by atoms with van der Waals surface area (Å²) in [7, 11) is 5.35. The minimum absolute atomic E-state index is 0.0183. The Kier molecular flexibility index (Phi) is 21.1. The highest BCUT2D eigenvalue weighted by Crippen LogP contribution is 2.44. The van der Waals surface area contributed by atoms with Gasteiger partial charge in [0.2, 0.25) is 0 Å². The van der Waals surface area contributed by atoms with Crippen molar-refractivity contribution in [3.8, 4) is 0 Å². The van der Waals surface area contributed by atoms with E-state index >= 15 is 4.79 Å². The van der Waals surface area contributed by atoms with Crippen molar-refractivity contribution in [3.05, 3.63) is 120 Å². The molecule has 0 unspecified atom stereocenters. The Bertz CT molecular complexity index is 2580. The number of rotatable bonds is 13. The number of methoxy groups -OCH3 is 1. The number of ether oxygens (including phenoxy) is 10.